The molecule has 2 aromatic carbocycles. The maximum Gasteiger partial charge on any atom is 0.114 e. The molecule has 0 saturated carbocycles. The fourth-order valence-corrected chi connectivity index (χ4v) is 2.63. The van der Waals surface area contributed by atoms with Gasteiger partial charge in [-0.15, -0.1) is 5.10 Å². The van der Waals surface area contributed by atoms with Gasteiger partial charge < -0.3 is 5.73 Å². The van der Waals surface area contributed by atoms with Crippen LogP contribution in [0.5, 0.6) is 0 Å². The van der Waals surface area contributed by atoms with Crippen molar-refractivity contribution in [2.24, 2.45) is 0 Å². The second kappa shape index (κ2) is 6.23. The minimum atomic E-state index is 0.179. The van der Waals surface area contributed by atoms with Crippen LogP contribution in [0, 0.1) is 29.6 Å². The molecule has 0 spiro atoms. The van der Waals surface area contributed by atoms with Gasteiger partial charge in [-0.25, -0.2) is 4.68 Å². The lowest BCUT2D eigenvalue weighted by atomic mass is 9.95. The van der Waals surface area contributed by atoms with Gasteiger partial charge in [-0.1, -0.05) is 35.5 Å². The summed E-state index contributed by atoms with van der Waals surface area (Å²) < 4.78 is 1.71. The van der Waals surface area contributed by atoms with Crippen LogP contribution < -0.4 is 5.73 Å². The van der Waals surface area contributed by atoms with Crippen molar-refractivity contribution < 1.29 is 0 Å². The third-order valence-corrected chi connectivity index (χ3v) is 3.78. The van der Waals surface area contributed by atoms with Crippen LogP contribution in [0.4, 0.5) is 5.69 Å². The summed E-state index contributed by atoms with van der Waals surface area (Å²) in [6.45, 7) is 2.41. The Morgan fingerprint density at radius 2 is 1.92 bits per heavy atom. The van der Waals surface area contributed by atoms with E-state index in [-0.39, 0.29) is 11.3 Å². The number of benzene rings is 2. The van der Waals surface area contributed by atoms with E-state index < -0.39 is 0 Å². The van der Waals surface area contributed by atoms with Crippen molar-refractivity contribution in [3.63, 3.8) is 0 Å². The summed E-state index contributed by atoms with van der Waals surface area (Å²) in [4.78, 5) is 0. The molecule has 0 saturated heterocycles. The number of hydrogen-bond donors (Lipinski definition) is 1. The number of nitriles is 2. The van der Waals surface area contributed by atoms with Gasteiger partial charge in [-0.05, 0) is 24.1 Å². The van der Waals surface area contributed by atoms with Gasteiger partial charge >= 0.3 is 0 Å². The summed E-state index contributed by atoms with van der Waals surface area (Å²) in [5.41, 5.74) is 9.73. The monoisotopic (exact) mass is 314 g/mol. The Balaban J connectivity index is 2.04. The maximum absolute atomic E-state index is 9.45. The highest BCUT2D eigenvalue weighted by molar-refractivity contribution is 5.80. The zero-order valence-electron chi connectivity index (χ0n) is 13.1. The standard InChI is InChI=1S/C18H14N6/c1-12-7-14(8-19)18(21)15(9-20)17(12)16-11-24(23-22-16)10-13-5-3-2-4-6-13/h2-7,11H,10,21H2,1H3. The van der Waals surface area contributed by atoms with E-state index in [1.807, 2.05) is 43.3 Å². The molecule has 6 heteroatoms. The van der Waals surface area contributed by atoms with Gasteiger partial charge in [0.05, 0.1) is 29.6 Å². The Morgan fingerprint density at radius 3 is 2.58 bits per heavy atom. The Bertz CT molecular complexity index is 973. The van der Waals surface area contributed by atoms with E-state index in [1.165, 1.54) is 0 Å². The topological polar surface area (TPSA) is 104 Å². The van der Waals surface area contributed by atoms with Gasteiger partial charge in [-0.2, -0.15) is 10.5 Å². The molecule has 0 aliphatic rings. The predicted octanol–water partition coefficient (Wildman–Crippen LogP) is 2.63. The number of rotatable bonds is 3. The lowest BCUT2D eigenvalue weighted by Crippen LogP contribution is -2.00. The molecule has 6 nitrogen and oxygen atoms in total. The van der Waals surface area contributed by atoms with Crippen LogP contribution in [0.15, 0.2) is 42.6 Å². The first-order chi connectivity index (χ1) is 11.6. The molecule has 0 aliphatic carbocycles. The summed E-state index contributed by atoms with van der Waals surface area (Å²) in [6, 6.07) is 15.7. The first-order valence-electron chi connectivity index (χ1n) is 7.31. The van der Waals surface area contributed by atoms with E-state index in [0.29, 0.717) is 23.4 Å². The highest BCUT2D eigenvalue weighted by Gasteiger charge is 2.18. The van der Waals surface area contributed by atoms with Gasteiger partial charge in [0.1, 0.15) is 17.8 Å². The minimum Gasteiger partial charge on any atom is -0.397 e. The summed E-state index contributed by atoms with van der Waals surface area (Å²) >= 11 is 0. The second-order valence-corrected chi connectivity index (χ2v) is 5.42. The second-order valence-electron chi connectivity index (χ2n) is 5.42. The normalized spacial score (nSPS) is 10.1. The molecule has 1 heterocycles. The molecule has 2 N–H and O–H groups in total. The number of nitrogens with two attached hydrogens (primary N) is 1. The van der Waals surface area contributed by atoms with E-state index in [1.54, 1.807) is 16.9 Å². The molecule has 3 aromatic rings. The zero-order valence-corrected chi connectivity index (χ0v) is 13.1. The van der Waals surface area contributed by atoms with Crippen molar-refractivity contribution in [3.05, 3.63) is 64.8 Å². The molecule has 0 atom stereocenters. The molecular formula is C18H14N6. The van der Waals surface area contributed by atoms with Crippen LogP contribution in [0.1, 0.15) is 22.3 Å². The number of aryl methyl sites for hydroxylation is 1. The Labute approximate surface area is 139 Å². The van der Waals surface area contributed by atoms with Crippen LogP contribution >= 0.6 is 0 Å². The van der Waals surface area contributed by atoms with Gasteiger partial charge in [0.25, 0.3) is 0 Å². The maximum atomic E-state index is 9.45. The third kappa shape index (κ3) is 2.69. The van der Waals surface area contributed by atoms with E-state index >= 15 is 0 Å². The molecule has 3 rings (SSSR count). The lowest BCUT2D eigenvalue weighted by molar-refractivity contribution is 0.650. The average Bonchev–Trinajstić information content (AvgIpc) is 3.05. The molecule has 0 fully saturated rings. The van der Waals surface area contributed by atoms with Gasteiger partial charge in [0.2, 0.25) is 0 Å². The van der Waals surface area contributed by atoms with Crippen molar-refractivity contribution in [3.8, 4) is 23.4 Å². The molecule has 1 aromatic heterocycles. The molecule has 0 aliphatic heterocycles. The van der Waals surface area contributed by atoms with E-state index in [4.69, 9.17) is 11.0 Å². The fourth-order valence-electron chi connectivity index (χ4n) is 2.63. The summed E-state index contributed by atoms with van der Waals surface area (Å²) in [7, 11) is 0. The van der Waals surface area contributed by atoms with Crippen molar-refractivity contribution >= 4 is 5.69 Å². The predicted molar refractivity (Wildman–Crippen MR) is 89.6 cm³/mol. The van der Waals surface area contributed by atoms with E-state index in [9.17, 15) is 5.26 Å². The molecule has 0 unspecified atom stereocenters. The minimum absolute atomic E-state index is 0.179. The molecular weight excluding hydrogens is 300 g/mol. The lowest BCUT2D eigenvalue weighted by Gasteiger charge is -2.09. The van der Waals surface area contributed by atoms with Crippen molar-refractivity contribution in [1.29, 1.82) is 10.5 Å². The SMILES string of the molecule is Cc1cc(C#N)c(N)c(C#N)c1-c1cn(Cc2ccccc2)nn1. The van der Waals surface area contributed by atoms with Crippen LogP contribution in [0.3, 0.4) is 0 Å². The van der Waals surface area contributed by atoms with Gasteiger partial charge in [0, 0.05) is 5.56 Å². The summed E-state index contributed by atoms with van der Waals surface area (Å²) in [5, 5.41) is 26.9. The van der Waals surface area contributed by atoms with Crippen molar-refractivity contribution in [1.82, 2.24) is 15.0 Å². The number of aromatic nitrogens is 3. The van der Waals surface area contributed by atoms with Crippen molar-refractivity contribution in [2.75, 3.05) is 5.73 Å². The van der Waals surface area contributed by atoms with Crippen LogP contribution in [0.25, 0.3) is 11.3 Å². The number of nitrogen functional groups attached to an aromatic ring is 1. The third-order valence-electron chi connectivity index (χ3n) is 3.78. The molecule has 116 valence electrons. The Hall–Kier alpha value is -3.64. The van der Waals surface area contributed by atoms with Crippen LogP contribution in [-0.2, 0) is 6.54 Å². The number of nitrogens with zero attached hydrogens (tertiary/aromatic N) is 5. The van der Waals surface area contributed by atoms with Crippen LogP contribution in [0.2, 0.25) is 0 Å². The molecule has 0 amide bonds. The number of anilines is 1. The van der Waals surface area contributed by atoms with E-state index in [2.05, 4.69) is 16.4 Å². The smallest absolute Gasteiger partial charge is 0.114 e. The molecule has 24 heavy (non-hydrogen) atoms. The summed E-state index contributed by atoms with van der Waals surface area (Å²) in [6.07, 6.45) is 1.78. The zero-order chi connectivity index (χ0) is 17.1. The Morgan fingerprint density at radius 1 is 1.17 bits per heavy atom. The van der Waals surface area contributed by atoms with Gasteiger partial charge in [-0.3, -0.25) is 0 Å². The first kappa shape index (κ1) is 15.3. The number of hydrogen-bond acceptors (Lipinski definition) is 5. The molecule has 0 bridgehead atoms. The first-order valence-corrected chi connectivity index (χ1v) is 7.31. The highest BCUT2D eigenvalue weighted by Crippen LogP contribution is 2.31. The van der Waals surface area contributed by atoms with Crippen LogP contribution in [-0.4, -0.2) is 15.0 Å². The van der Waals surface area contributed by atoms with Crippen molar-refractivity contribution in [2.45, 2.75) is 13.5 Å². The largest absolute Gasteiger partial charge is 0.397 e. The van der Waals surface area contributed by atoms with Gasteiger partial charge in [0.15, 0.2) is 0 Å². The average molecular weight is 314 g/mol. The Kier molecular flexibility index (Phi) is 3.96. The fraction of sp³-hybridized carbons (Fsp3) is 0.111. The molecule has 0 radical (unpaired) electrons. The quantitative estimate of drug-likeness (QED) is 0.748. The summed E-state index contributed by atoms with van der Waals surface area (Å²) in [5.74, 6) is 0. The highest BCUT2D eigenvalue weighted by atomic mass is 15.4. The van der Waals surface area contributed by atoms with E-state index in [0.717, 1.165) is 11.1 Å².